The van der Waals surface area contributed by atoms with Gasteiger partial charge in [0.1, 0.15) is 0 Å². The van der Waals surface area contributed by atoms with Gasteiger partial charge in [0.2, 0.25) is 0 Å². The molecule has 0 bridgehead atoms. The maximum Gasteiger partial charge on any atom is 0.337 e. The number of nitrogens with zero attached hydrogens (tertiary/aromatic N) is 2. The molecule has 0 aliphatic carbocycles. The van der Waals surface area contributed by atoms with Gasteiger partial charge < -0.3 is 4.74 Å². The van der Waals surface area contributed by atoms with Crippen LogP contribution in [0.3, 0.4) is 0 Å². The van der Waals surface area contributed by atoms with Gasteiger partial charge in [0.05, 0.1) is 34.1 Å². The number of hydrogen-bond acceptors (Lipinski definition) is 6. The zero-order valence-electron chi connectivity index (χ0n) is 11.4. The van der Waals surface area contributed by atoms with E-state index in [0.717, 1.165) is 6.07 Å². The summed E-state index contributed by atoms with van der Waals surface area (Å²) in [5.74, 6) is -0.577. The van der Waals surface area contributed by atoms with Crippen molar-refractivity contribution in [1.29, 1.82) is 0 Å². The van der Waals surface area contributed by atoms with Gasteiger partial charge in [0, 0.05) is 6.07 Å². The summed E-state index contributed by atoms with van der Waals surface area (Å²) >= 11 is 0. The van der Waals surface area contributed by atoms with Crippen molar-refractivity contribution in [2.75, 3.05) is 7.11 Å². The predicted octanol–water partition coefficient (Wildman–Crippen LogP) is 2.96. The second-order valence-electron chi connectivity index (χ2n) is 4.29. The molecule has 8 nitrogen and oxygen atoms in total. The van der Waals surface area contributed by atoms with Gasteiger partial charge in [-0.05, 0) is 23.8 Å². The van der Waals surface area contributed by atoms with Gasteiger partial charge in [-0.2, -0.15) is 0 Å². The van der Waals surface area contributed by atoms with Crippen LogP contribution in [0.25, 0.3) is 11.1 Å². The number of esters is 1. The molecule has 0 N–H and O–H groups in total. The van der Waals surface area contributed by atoms with Crippen molar-refractivity contribution in [2.45, 2.75) is 0 Å². The molecule has 0 aliphatic rings. The van der Waals surface area contributed by atoms with E-state index in [0.29, 0.717) is 5.56 Å². The molecule has 112 valence electrons. The number of ether oxygens (including phenoxy) is 1. The monoisotopic (exact) mass is 302 g/mol. The minimum Gasteiger partial charge on any atom is -0.465 e. The minimum atomic E-state index is -0.707. The molecule has 2 aromatic rings. The molecule has 22 heavy (non-hydrogen) atoms. The fraction of sp³-hybridized carbons (Fsp3) is 0.0714. The van der Waals surface area contributed by atoms with Crippen molar-refractivity contribution >= 4 is 17.3 Å². The average Bonchev–Trinajstić information content (AvgIpc) is 2.53. The molecular formula is C14H10N2O6. The molecule has 0 spiro atoms. The first-order valence-electron chi connectivity index (χ1n) is 6.05. The van der Waals surface area contributed by atoms with E-state index in [1.807, 2.05) is 0 Å². The van der Waals surface area contributed by atoms with Crippen LogP contribution in [0.5, 0.6) is 0 Å². The Labute approximate surface area is 124 Å². The zero-order chi connectivity index (χ0) is 16.3. The van der Waals surface area contributed by atoms with Crippen LogP contribution >= 0.6 is 0 Å². The maximum absolute atomic E-state index is 11.5. The molecule has 2 rings (SSSR count). The summed E-state index contributed by atoms with van der Waals surface area (Å²) in [6.07, 6.45) is 0. The standard InChI is InChI=1S/C14H10N2O6/c1-22-14(17)10-4-2-3-9(7-10)12-6-5-11(15(18)19)8-13(12)16(20)21/h2-8H,1H3. The molecule has 0 amide bonds. The molecule has 0 fully saturated rings. The van der Waals surface area contributed by atoms with Crippen LogP contribution < -0.4 is 0 Å². The lowest BCUT2D eigenvalue weighted by Crippen LogP contribution is -2.01. The number of carbonyl (C=O) groups is 1. The average molecular weight is 302 g/mol. The highest BCUT2D eigenvalue weighted by molar-refractivity contribution is 5.91. The van der Waals surface area contributed by atoms with Crippen LogP contribution in [-0.2, 0) is 4.74 Å². The van der Waals surface area contributed by atoms with Crippen molar-refractivity contribution in [3.63, 3.8) is 0 Å². The third-order valence-electron chi connectivity index (χ3n) is 2.98. The quantitative estimate of drug-likeness (QED) is 0.487. The smallest absolute Gasteiger partial charge is 0.337 e. The van der Waals surface area contributed by atoms with Crippen LogP contribution in [0.2, 0.25) is 0 Å². The lowest BCUT2D eigenvalue weighted by Gasteiger charge is -2.05. The van der Waals surface area contributed by atoms with Gasteiger partial charge in [-0.1, -0.05) is 12.1 Å². The molecule has 0 unspecified atom stereocenters. The number of non-ortho nitro benzene ring substituents is 1. The number of nitro benzene ring substituents is 2. The third kappa shape index (κ3) is 2.90. The number of carbonyl (C=O) groups excluding carboxylic acids is 1. The largest absolute Gasteiger partial charge is 0.465 e. The molecular weight excluding hydrogens is 292 g/mol. The summed E-state index contributed by atoms with van der Waals surface area (Å²) < 4.78 is 4.59. The van der Waals surface area contributed by atoms with Crippen LogP contribution in [0, 0.1) is 20.2 Å². The van der Waals surface area contributed by atoms with E-state index in [9.17, 15) is 25.0 Å². The lowest BCUT2D eigenvalue weighted by molar-refractivity contribution is -0.393. The van der Waals surface area contributed by atoms with Crippen LogP contribution in [-0.4, -0.2) is 22.9 Å². The highest BCUT2D eigenvalue weighted by Gasteiger charge is 2.21. The molecule has 2 aromatic carbocycles. The van der Waals surface area contributed by atoms with Crippen molar-refractivity contribution in [1.82, 2.24) is 0 Å². The summed E-state index contributed by atoms with van der Waals surface area (Å²) in [5, 5.41) is 21.9. The van der Waals surface area contributed by atoms with Crippen molar-refractivity contribution in [2.24, 2.45) is 0 Å². The van der Waals surface area contributed by atoms with Crippen molar-refractivity contribution in [3.8, 4) is 11.1 Å². The number of rotatable bonds is 4. The van der Waals surface area contributed by atoms with E-state index in [1.165, 1.54) is 31.4 Å². The molecule has 0 heterocycles. The van der Waals surface area contributed by atoms with Crippen molar-refractivity contribution < 1.29 is 19.4 Å². The van der Waals surface area contributed by atoms with Gasteiger partial charge in [0.25, 0.3) is 11.4 Å². The van der Waals surface area contributed by atoms with Crippen LogP contribution in [0.4, 0.5) is 11.4 Å². The number of benzene rings is 2. The molecule has 0 saturated carbocycles. The first-order chi connectivity index (χ1) is 10.4. The number of nitro groups is 2. The van der Waals surface area contributed by atoms with Gasteiger partial charge in [-0.15, -0.1) is 0 Å². The highest BCUT2D eigenvalue weighted by atomic mass is 16.6. The van der Waals surface area contributed by atoms with Gasteiger partial charge in [0.15, 0.2) is 0 Å². The Balaban J connectivity index is 2.59. The normalized spacial score (nSPS) is 10.0. The Hall–Kier alpha value is -3.29. The van der Waals surface area contributed by atoms with E-state index >= 15 is 0 Å². The molecule has 0 atom stereocenters. The van der Waals surface area contributed by atoms with Gasteiger partial charge in [-0.3, -0.25) is 20.2 Å². The molecule has 0 radical (unpaired) electrons. The van der Waals surface area contributed by atoms with Gasteiger partial charge >= 0.3 is 5.97 Å². The SMILES string of the molecule is COC(=O)c1cccc(-c2ccc([N+](=O)[O-])cc2[N+](=O)[O-])c1. The Morgan fingerprint density at radius 2 is 1.77 bits per heavy atom. The zero-order valence-corrected chi connectivity index (χ0v) is 11.4. The molecule has 0 aliphatic heterocycles. The molecule has 0 saturated heterocycles. The predicted molar refractivity (Wildman–Crippen MR) is 76.5 cm³/mol. The minimum absolute atomic E-state index is 0.182. The van der Waals surface area contributed by atoms with Crippen LogP contribution in [0.1, 0.15) is 10.4 Å². The second kappa shape index (κ2) is 6.00. The third-order valence-corrected chi connectivity index (χ3v) is 2.98. The van der Waals surface area contributed by atoms with E-state index in [-0.39, 0.29) is 16.8 Å². The topological polar surface area (TPSA) is 113 Å². The van der Waals surface area contributed by atoms with E-state index in [4.69, 9.17) is 0 Å². The van der Waals surface area contributed by atoms with Gasteiger partial charge in [-0.25, -0.2) is 4.79 Å². The van der Waals surface area contributed by atoms with Crippen molar-refractivity contribution in [3.05, 3.63) is 68.3 Å². The molecule has 0 aromatic heterocycles. The Morgan fingerprint density at radius 3 is 2.36 bits per heavy atom. The van der Waals surface area contributed by atoms with Crippen LogP contribution in [0.15, 0.2) is 42.5 Å². The maximum atomic E-state index is 11.5. The Kier molecular flexibility index (Phi) is 4.12. The fourth-order valence-electron chi connectivity index (χ4n) is 1.96. The summed E-state index contributed by atoms with van der Waals surface area (Å²) in [7, 11) is 1.23. The summed E-state index contributed by atoms with van der Waals surface area (Å²) in [6.45, 7) is 0. The summed E-state index contributed by atoms with van der Waals surface area (Å²) in [5.41, 5.74) is 0.0225. The first-order valence-corrected chi connectivity index (χ1v) is 6.05. The fourth-order valence-corrected chi connectivity index (χ4v) is 1.96. The number of hydrogen-bond donors (Lipinski definition) is 0. The first kappa shape index (κ1) is 15.1. The lowest BCUT2D eigenvalue weighted by atomic mass is 10.0. The Bertz CT molecular complexity index is 772. The van der Waals surface area contributed by atoms with E-state index in [2.05, 4.69) is 4.74 Å². The Morgan fingerprint density at radius 1 is 1.05 bits per heavy atom. The molecule has 8 heteroatoms. The number of methoxy groups -OCH3 is 1. The summed E-state index contributed by atoms with van der Waals surface area (Å²) in [4.78, 5) is 32.0. The second-order valence-corrected chi connectivity index (χ2v) is 4.29. The van der Waals surface area contributed by atoms with E-state index < -0.39 is 21.5 Å². The highest BCUT2D eigenvalue weighted by Crippen LogP contribution is 2.33. The van der Waals surface area contributed by atoms with E-state index in [1.54, 1.807) is 12.1 Å². The summed E-state index contributed by atoms with van der Waals surface area (Å²) in [6, 6.07) is 9.40.